The van der Waals surface area contributed by atoms with Gasteiger partial charge in [-0.3, -0.25) is 0 Å². The Labute approximate surface area is 199 Å². The quantitative estimate of drug-likeness (QED) is 0.329. The number of hydrogen-bond donors (Lipinski definition) is 4. The van der Waals surface area contributed by atoms with Crippen LogP contribution in [0, 0.1) is 6.92 Å². The maximum Gasteiger partial charge on any atom is 0.227 e. The number of nitrogens with one attached hydrogen (secondary N) is 2. The van der Waals surface area contributed by atoms with Crippen LogP contribution in [0.15, 0.2) is 54.9 Å². The number of aromatic hydroxyl groups is 1. The Morgan fingerprint density at radius 2 is 1.85 bits per heavy atom. The van der Waals surface area contributed by atoms with E-state index in [0.29, 0.717) is 36.4 Å². The normalized spacial score (nSPS) is 18.2. The van der Waals surface area contributed by atoms with E-state index in [2.05, 4.69) is 27.8 Å². The number of aryl methyl sites for hydroxylation is 1. The monoisotopic (exact) mass is 457 g/mol. The van der Waals surface area contributed by atoms with Gasteiger partial charge in [0.1, 0.15) is 5.75 Å². The fourth-order valence-corrected chi connectivity index (χ4v) is 4.51. The van der Waals surface area contributed by atoms with Crippen LogP contribution in [0.3, 0.4) is 0 Å². The summed E-state index contributed by atoms with van der Waals surface area (Å²) >= 11 is 0. The molecule has 1 fully saturated rings. The second kappa shape index (κ2) is 9.69. The van der Waals surface area contributed by atoms with Gasteiger partial charge in [0.05, 0.1) is 12.9 Å². The molecule has 0 atom stereocenters. The molecule has 2 aromatic heterocycles. The van der Waals surface area contributed by atoms with E-state index < -0.39 is 0 Å². The Morgan fingerprint density at radius 3 is 2.65 bits per heavy atom. The molecule has 176 valence electrons. The van der Waals surface area contributed by atoms with Gasteiger partial charge in [-0.25, -0.2) is 4.98 Å². The molecule has 4 aromatic rings. The van der Waals surface area contributed by atoms with Gasteiger partial charge < -0.3 is 26.0 Å². The number of nitrogens with two attached hydrogens (primary N) is 1. The average molecular weight is 458 g/mol. The molecule has 2 aromatic carbocycles. The molecule has 0 saturated heterocycles. The molecule has 5 N–H and O–H groups in total. The van der Waals surface area contributed by atoms with Gasteiger partial charge in [-0.05, 0) is 44.2 Å². The second-order valence-corrected chi connectivity index (χ2v) is 9.17. The van der Waals surface area contributed by atoms with E-state index in [1.54, 1.807) is 6.07 Å². The van der Waals surface area contributed by atoms with Crippen LogP contribution >= 0.6 is 0 Å². The third-order valence-electron chi connectivity index (χ3n) is 6.45. The highest BCUT2D eigenvalue weighted by atomic mass is 16.3. The van der Waals surface area contributed by atoms with Crippen LogP contribution in [0.4, 0.5) is 11.8 Å². The molecule has 8 heteroatoms. The second-order valence-electron chi connectivity index (χ2n) is 9.17. The van der Waals surface area contributed by atoms with Crippen molar-refractivity contribution >= 4 is 22.9 Å². The van der Waals surface area contributed by atoms with Gasteiger partial charge in [-0.15, -0.1) is 0 Å². The van der Waals surface area contributed by atoms with Crippen LogP contribution in [0.2, 0.25) is 0 Å². The zero-order valence-electron chi connectivity index (χ0n) is 19.4. The molecular weight excluding hydrogens is 426 g/mol. The summed E-state index contributed by atoms with van der Waals surface area (Å²) in [4.78, 5) is 14.3. The van der Waals surface area contributed by atoms with Crippen molar-refractivity contribution in [3.8, 4) is 5.75 Å². The number of phenolic OH excluding ortho intramolecular Hbond substituents is 1. The lowest BCUT2D eigenvalue weighted by atomic mass is 9.92. The first kappa shape index (κ1) is 22.2. The van der Waals surface area contributed by atoms with Gasteiger partial charge in [0.2, 0.25) is 5.95 Å². The lowest BCUT2D eigenvalue weighted by molar-refractivity contribution is 0.410. The summed E-state index contributed by atoms with van der Waals surface area (Å²) in [6.45, 7) is 3.11. The summed E-state index contributed by atoms with van der Waals surface area (Å²) in [5, 5.41) is 17.2. The van der Waals surface area contributed by atoms with Gasteiger partial charge in [-0.2, -0.15) is 9.97 Å². The molecule has 2 heterocycles. The minimum atomic E-state index is 0.259. The van der Waals surface area contributed by atoms with Crippen molar-refractivity contribution in [1.82, 2.24) is 19.5 Å². The third-order valence-corrected chi connectivity index (χ3v) is 6.45. The summed E-state index contributed by atoms with van der Waals surface area (Å²) in [7, 11) is 0. The number of nitrogens with zero attached hydrogens (tertiary/aromatic N) is 4. The predicted molar refractivity (Wildman–Crippen MR) is 135 cm³/mol. The first-order chi connectivity index (χ1) is 16.5. The van der Waals surface area contributed by atoms with Crippen LogP contribution in [0.25, 0.3) is 11.2 Å². The number of anilines is 2. The largest absolute Gasteiger partial charge is 0.508 e. The van der Waals surface area contributed by atoms with E-state index in [1.807, 2.05) is 48.1 Å². The van der Waals surface area contributed by atoms with Crippen molar-refractivity contribution < 1.29 is 5.11 Å². The Morgan fingerprint density at radius 1 is 1.06 bits per heavy atom. The van der Waals surface area contributed by atoms with Gasteiger partial charge in [0, 0.05) is 24.2 Å². The van der Waals surface area contributed by atoms with Crippen LogP contribution in [-0.4, -0.2) is 36.7 Å². The molecule has 8 nitrogen and oxygen atoms in total. The molecule has 0 aliphatic heterocycles. The number of hydrogen-bond acceptors (Lipinski definition) is 7. The van der Waals surface area contributed by atoms with Gasteiger partial charge in [0.25, 0.3) is 0 Å². The molecule has 0 spiro atoms. The van der Waals surface area contributed by atoms with E-state index in [-0.39, 0.29) is 11.8 Å². The smallest absolute Gasteiger partial charge is 0.227 e. The maximum absolute atomic E-state index is 10.3. The first-order valence-electron chi connectivity index (χ1n) is 11.9. The van der Waals surface area contributed by atoms with Gasteiger partial charge in [-0.1, -0.05) is 48.0 Å². The van der Waals surface area contributed by atoms with Crippen LogP contribution in [0.1, 0.15) is 42.4 Å². The Balaban J connectivity index is 1.46. The SMILES string of the molecule is Cc1ccc(O)c(CNc2nc(NC3CCC(N)CC3)nc3c2ncn3Cc2ccccc2)c1. The lowest BCUT2D eigenvalue weighted by Gasteiger charge is -2.26. The number of aromatic nitrogens is 4. The Bertz CT molecular complexity index is 1260. The van der Waals surface area contributed by atoms with Crippen molar-refractivity contribution in [1.29, 1.82) is 0 Å². The summed E-state index contributed by atoms with van der Waals surface area (Å²) in [5.74, 6) is 1.49. The average Bonchev–Trinajstić information content (AvgIpc) is 3.24. The third kappa shape index (κ3) is 4.97. The number of rotatable bonds is 7. The van der Waals surface area contributed by atoms with Crippen molar-refractivity contribution in [3.05, 3.63) is 71.5 Å². The maximum atomic E-state index is 10.3. The Hall–Kier alpha value is -3.65. The van der Waals surface area contributed by atoms with Gasteiger partial charge in [0.15, 0.2) is 17.0 Å². The summed E-state index contributed by atoms with van der Waals surface area (Å²) < 4.78 is 2.05. The van der Waals surface area contributed by atoms with E-state index in [1.165, 1.54) is 5.56 Å². The van der Waals surface area contributed by atoms with E-state index >= 15 is 0 Å². The molecular formula is C26H31N7O. The molecule has 5 rings (SSSR count). The van der Waals surface area contributed by atoms with Crippen molar-refractivity contribution in [2.24, 2.45) is 5.73 Å². The fraction of sp³-hybridized carbons (Fsp3) is 0.346. The lowest BCUT2D eigenvalue weighted by Crippen LogP contribution is -2.33. The first-order valence-corrected chi connectivity index (χ1v) is 11.9. The van der Waals surface area contributed by atoms with Crippen molar-refractivity contribution in [3.63, 3.8) is 0 Å². The number of imidazole rings is 1. The minimum Gasteiger partial charge on any atom is -0.508 e. The van der Waals surface area contributed by atoms with Crippen molar-refractivity contribution in [2.45, 2.75) is 57.8 Å². The molecule has 1 aliphatic carbocycles. The molecule has 0 radical (unpaired) electrons. The fourth-order valence-electron chi connectivity index (χ4n) is 4.51. The highest BCUT2D eigenvalue weighted by molar-refractivity contribution is 5.84. The molecule has 1 saturated carbocycles. The predicted octanol–water partition coefficient (Wildman–Crippen LogP) is 4.18. The number of fused-ring (bicyclic) bond motifs is 1. The Kier molecular flexibility index (Phi) is 6.31. The summed E-state index contributed by atoms with van der Waals surface area (Å²) in [6.07, 6.45) is 5.83. The molecule has 34 heavy (non-hydrogen) atoms. The standard InChI is InChI=1S/C26H31N7O/c1-17-7-12-22(34)19(13-17)14-28-24-23-25(33(16-29-23)15-18-5-3-2-4-6-18)32-26(31-24)30-21-10-8-20(27)9-11-21/h2-7,12-13,16,20-21,34H,8-11,14-15,27H2,1H3,(H2,28,30,31,32). The molecule has 0 unspecified atom stereocenters. The van der Waals surface area contributed by atoms with Gasteiger partial charge >= 0.3 is 0 Å². The number of benzene rings is 2. The van der Waals surface area contributed by atoms with Crippen LogP contribution < -0.4 is 16.4 Å². The minimum absolute atomic E-state index is 0.259. The van der Waals surface area contributed by atoms with Crippen LogP contribution in [-0.2, 0) is 13.1 Å². The summed E-state index contributed by atoms with van der Waals surface area (Å²) in [5.41, 5.74) is 10.6. The van der Waals surface area contributed by atoms with Crippen LogP contribution in [0.5, 0.6) is 5.75 Å². The number of phenols is 1. The highest BCUT2D eigenvalue weighted by Gasteiger charge is 2.21. The van der Waals surface area contributed by atoms with Crippen molar-refractivity contribution in [2.75, 3.05) is 10.6 Å². The molecule has 0 bridgehead atoms. The zero-order chi connectivity index (χ0) is 23.5. The van der Waals surface area contributed by atoms with E-state index in [4.69, 9.17) is 15.7 Å². The topological polar surface area (TPSA) is 114 Å². The van der Waals surface area contributed by atoms with E-state index in [0.717, 1.165) is 42.5 Å². The molecule has 0 amide bonds. The summed E-state index contributed by atoms with van der Waals surface area (Å²) in [6, 6.07) is 16.4. The molecule has 1 aliphatic rings. The highest BCUT2D eigenvalue weighted by Crippen LogP contribution is 2.26. The zero-order valence-corrected chi connectivity index (χ0v) is 19.4. The van der Waals surface area contributed by atoms with E-state index in [9.17, 15) is 5.11 Å².